The summed E-state index contributed by atoms with van der Waals surface area (Å²) in [6, 6.07) is 7.86. The van der Waals surface area contributed by atoms with E-state index < -0.39 is 16.0 Å². The Hall–Kier alpha value is -2.35. The molecule has 8 heteroatoms. The molecule has 1 aromatic heterocycles. The zero-order valence-corrected chi connectivity index (χ0v) is 10.4. The Bertz CT molecular complexity index is 779. The van der Waals surface area contributed by atoms with Gasteiger partial charge in [-0.2, -0.15) is 13.5 Å². The number of aliphatic carboxylic acids is 1. The monoisotopic (exact) mass is 279 g/mol. The smallest absolute Gasteiger partial charge is 0.309 e. The molecule has 0 unspecified atom stereocenters. The summed E-state index contributed by atoms with van der Waals surface area (Å²) < 4.78 is 25.4. The average molecular weight is 279 g/mol. The van der Waals surface area contributed by atoms with Gasteiger partial charge in [-0.3, -0.25) is 4.79 Å². The first-order valence-corrected chi connectivity index (χ1v) is 6.85. The Morgan fingerprint density at radius 1 is 1.37 bits per heavy atom. The van der Waals surface area contributed by atoms with Crippen molar-refractivity contribution in [2.75, 3.05) is 5.32 Å². The highest BCUT2D eigenvalue weighted by Crippen LogP contribution is 2.33. The first kappa shape index (κ1) is 11.7. The minimum atomic E-state index is -3.77. The molecule has 1 aliphatic heterocycles. The molecule has 3 rings (SSSR count). The fourth-order valence-electron chi connectivity index (χ4n) is 1.95. The van der Waals surface area contributed by atoms with E-state index in [2.05, 4.69) is 10.4 Å². The van der Waals surface area contributed by atoms with E-state index in [9.17, 15) is 13.2 Å². The van der Waals surface area contributed by atoms with Crippen LogP contribution in [0.25, 0.3) is 0 Å². The molecule has 7 nitrogen and oxygen atoms in total. The summed E-state index contributed by atoms with van der Waals surface area (Å²) in [6.07, 6.45) is -0.326. The number of hydrogen-bond acceptors (Lipinski definition) is 5. The molecule has 2 N–H and O–H groups in total. The SMILES string of the molecule is O=C(O)Cc1cc2n(n1)S(=O)(=O)c1ccccc1N2. The molecule has 2 aromatic rings. The summed E-state index contributed by atoms with van der Waals surface area (Å²) >= 11 is 0. The Balaban J connectivity index is 2.16. The summed E-state index contributed by atoms with van der Waals surface area (Å²) in [6.45, 7) is 0. The second-order valence-corrected chi connectivity index (χ2v) is 5.80. The van der Waals surface area contributed by atoms with Crippen molar-refractivity contribution in [2.45, 2.75) is 11.3 Å². The topological polar surface area (TPSA) is 101 Å². The summed E-state index contributed by atoms with van der Waals surface area (Å²) in [7, 11) is -3.77. The van der Waals surface area contributed by atoms with Crippen LogP contribution in [-0.2, 0) is 21.2 Å². The number of carboxylic acid groups (broad SMARTS) is 1. The Morgan fingerprint density at radius 2 is 2.11 bits per heavy atom. The van der Waals surface area contributed by atoms with E-state index >= 15 is 0 Å². The Kier molecular flexibility index (Phi) is 2.36. The van der Waals surface area contributed by atoms with Crippen LogP contribution in [0.2, 0.25) is 0 Å². The van der Waals surface area contributed by atoms with Crippen LogP contribution >= 0.6 is 0 Å². The van der Waals surface area contributed by atoms with Gasteiger partial charge in [0, 0.05) is 6.07 Å². The van der Waals surface area contributed by atoms with Crippen LogP contribution in [0.5, 0.6) is 0 Å². The molecule has 2 heterocycles. The summed E-state index contributed by atoms with van der Waals surface area (Å²) in [5.41, 5.74) is 0.642. The number of para-hydroxylation sites is 1. The maximum atomic E-state index is 12.3. The molecular formula is C11H9N3O4S. The number of anilines is 2. The zero-order chi connectivity index (χ0) is 13.6. The van der Waals surface area contributed by atoms with Crippen LogP contribution in [-0.4, -0.2) is 28.7 Å². The van der Waals surface area contributed by atoms with Crippen molar-refractivity contribution in [3.05, 3.63) is 36.0 Å². The van der Waals surface area contributed by atoms with E-state index in [1.807, 2.05) is 0 Å². The van der Waals surface area contributed by atoms with Gasteiger partial charge in [-0.1, -0.05) is 12.1 Å². The highest BCUT2D eigenvalue weighted by atomic mass is 32.2. The van der Waals surface area contributed by atoms with Crippen molar-refractivity contribution in [2.24, 2.45) is 0 Å². The van der Waals surface area contributed by atoms with Crippen molar-refractivity contribution in [3.8, 4) is 0 Å². The second kappa shape index (κ2) is 3.82. The fourth-order valence-corrected chi connectivity index (χ4v) is 3.35. The number of nitrogens with zero attached hydrogens (tertiary/aromatic N) is 2. The molecular weight excluding hydrogens is 270 g/mol. The number of aromatic nitrogens is 2. The maximum absolute atomic E-state index is 12.3. The van der Waals surface area contributed by atoms with E-state index in [0.29, 0.717) is 5.69 Å². The normalized spacial score (nSPS) is 15.2. The third-order valence-electron chi connectivity index (χ3n) is 2.72. The van der Waals surface area contributed by atoms with Crippen LogP contribution in [0.4, 0.5) is 11.5 Å². The molecule has 0 amide bonds. The van der Waals surface area contributed by atoms with Crippen LogP contribution in [0.15, 0.2) is 35.2 Å². The highest BCUT2D eigenvalue weighted by Gasteiger charge is 2.30. The number of fused-ring (bicyclic) bond motifs is 2. The molecule has 0 saturated heterocycles. The lowest BCUT2D eigenvalue weighted by Gasteiger charge is -2.18. The fraction of sp³-hybridized carbons (Fsp3) is 0.0909. The molecule has 0 fully saturated rings. The van der Waals surface area contributed by atoms with Crippen molar-refractivity contribution >= 4 is 27.5 Å². The van der Waals surface area contributed by atoms with Crippen molar-refractivity contribution in [1.29, 1.82) is 0 Å². The van der Waals surface area contributed by atoms with Crippen LogP contribution < -0.4 is 5.32 Å². The van der Waals surface area contributed by atoms with Gasteiger partial charge in [0.15, 0.2) is 0 Å². The minimum absolute atomic E-state index is 0.118. The van der Waals surface area contributed by atoms with Crippen LogP contribution in [0.1, 0.15) is 5.69 Å². The number of nitrogens with one attached hydrogen (secondary N) is 1. The molecule has 0 radical (unpaired) electrons. The molecule has 0 bridgehead atoms. The number of carboxylic acids is 1. The van der Waals surface area contributed by atoms with Gasteiger partial charge in [-0.05, 0) is 12.1 Å². The lowest BCUT2D eigenvalue weighted by Crippen LogP contribution is -2.22. The second-order valence-electron chi connectivity index (χ2n) is 4.06. The van der Waals surface area contributed by atoms with Crippen LogP contribution in [0, 0.1) is 0 Å². The number of benzene rings is 1. The molecule has 1 aliphatic rings. The van der Waals surface area contributed by atoms with Gasteiger partial charge in [0.2, 0.25) is 0 Å². The molecule has 0 spiro atoms. The number of hydrogen-bond donors (Lipinski definition) is 2. The predicted octanol–water partition coefficient (Wildman–Crippen LogP) is 0.804. The van der Waals surface area contributed by atoms with Crippen LogP contribution in [0.3, 0.4) is 0 Å². The molecule has 0 saturated carbocycles. The lowest BCUT2D eigenvalue weighted by molar-refractivity contribution is -0.136. The quantitative estimate of drug-likeness (QED) is 0.719. The Labute approximate surface area is 108 Å². The molecule has 0 atom stereocenters. The molecule has 98 valence electrons. The third-order valence-corrected chi connectivity index (χ3v) is 4.36. The van der Waals surface area contributed by atoms with Gasteiger partial charge >= 0.3 is 5.97 Å². The summed E-state index contributed by atoms with van der Waals surface area (Å²) in [5, 5.41) is 15.5. The van der Waals surface area contributed by atoms with Gasteiger partial charge < -0.3 is 10.4 Å². The van der Waals surface area contributed by atoms with E-state index in [-0.39, 0.29) is 22.8 Å². The minimum Gasteiger partial charge on any atom is -0.481 e. The molecule has 0 aliphatic carbocycles. The summed E-state index contributed by atoms with van der Waals surface area (Å²) in [5.74, 6) is -0.819. The number of rotatable bonds is 2. The van der Waals surface area contributed by atoms with Crippen molar-refractivity contribution in [1.82, 2.24) is 9.19 Å². The van der Waals surface area contributed by atoms with Gasteiger partial charge in [0.05, 0.1) is 17.8 Å². The van der Waals surface area contributed by atoms with E-state index in [1.54, 1.807) is 18.2 Å². The highest BCUT2D eigenvalue weighted by molar-refractivity contribution is 7.90. The Morgan fingerprint density at radius 3 is 2.84 bits per heavy atom. The summed E-state index contributed by atoms with van der Waals surface area (Å²) in [4.78, 5) is 10.8. The standard InChI is InChI=1S/C11H9N3O4S/c15-11(16)6-7-5-10-12-8-3-1-2-4-9(8)19(17,18)14(10)13-7/h1-5,12H,6H2,(H,15,16). The lowest BCUT2D eigenvalue weighted by atomic mass is 10.3. The average Bonchev–Trinajstić information content (AvgIpc) is 2.72. The largest absolute Gasteiger partial charge is 0.481 e. The third kappa shape index (κ3) is 1.76. The van der Waals surface area contributed by atoms with Gasteiger partial charge in [-0.15, -0.1) is 4.09 Å². The van der Waals surface area contributed by atoms with Crippen molar-refractivity contribution < 1.29 is 18.3 Å². The van der Waals surface area contributed by atoms with Gasteiger partial charge in [0.25, 0.3) is 10.0 Å². The van der Waals surface area contributed by atoms with E-state index in [0.717, 1.165) is 4.09 Å². The maximum Gasteiger partial charge on any atom is 0.309 e. The van der Waals surface area contributed by atoms with Gasteiger partial charge in [0.1, 0.15) is 10.7 Å². The first-order chi connectivity index (χ1) is 8.98. The van der Waals surface area contributed by atoms with Gasteiger partial charge in [-0.25, -0.2) is 0 Å². The van der Waals surface area contributed by atoms with E-state index in [4.69, 9.17) is 5.11 Å². The zero-order valence-electron chi connectivity index (χ0n) is 9.57. The predicted molar refractivity (Wildman–Crippen MR) is 65.9 cm³/mol. The van der Waals surface area contributed by atoms with E-state index in [1.165, 1.54) is 12.1 Å². The number of carbonyl (C=O) groups is 1. The molecule has 1 aromatic carbocycles. The molecule has 19 heavy (non-hydrogen) atoms. The first-order valence-electron chi connectivity index (χ1n) is 5.41. The van der Waals surface area contributed by atoms with Crippen molar-refractivity contribution in [3.63, 3.8) is 0 Å².